The molecule has 0 saturated heterocycles. The van der Waals surface area contributed by atoms with Crippen molar-refractivity contribution < 1.29 is 17.0 Å². The van der Waals surface area contributed by atoms with Gasteiger partial charge in [-0.1, -0.05) is 103 Å². The maximum atomic E-state index is 4.89. The molecule has 0 aromatic heterocycles. The van der Waals surface area contributed by atoms with Crippen molar-refractivity contribution in [2.45, 2.75) is 45.2 Å². The summed E-state index contributed by atoms with van der Waals surface area (Å²) in [5.41, 5.74) is 11.0. The molecule has 0 heterocycles. The van der Waals surface area contributed by atoms with Crippen molar-refractivity contribution in [1.82, 2.24) is 0 Å². The molecule has 0 amide bonds. The molecule has 0 aliphatic heterocycles. The number of hydrogen-bond acceptors (Lipinski definition) is 0. The van der Waals surface area contributed by atoms with Gasteiger partial charge in [-0.2, -0.15) is 59.7 Å². The number of fused-ring (bicyclic) bond motifs is 6. The summed E-state index contributed by atoms with van der Waals surface area (Å²) >= 11 is -0.556. The Morgan fingerprint density at radius 2 is 1.14 bits per heavy atom. The van der Waals surface area contributed by atoms with Crippen LogP contribution in [0.3, 0.4) is 0 Å². The van der Waals surface area contributed by atoms with Gasteiger partial charge in [0.1, 0.15) is 0 Å². The Balaban J connectivity index is 0.000000148. The van der Waals surface area contributed by atoms with E-state index in [1.54, 1.807) is 0 Å². The molecule has 179 valence electrons. The van der Waals surface area contributed by atoms with Gasteiger partial charge in [0.05, 0.1) is 0 Å². The van der Waals surface area contributed by atoms with Gasteiger partial charge in [-0.25, -0.2) is 0 Å². The molecule has 2 aliphatic carbocycles. The van der Waals surface area contributed by atoms with Crippen LogP contribution in [0.1, 0.15) is 42.0 Å². The Morgan fingerprint density at radius 1 is 0.714 bits per heavy atom. The van der Waals surface area contributed by atoms with Crippen LogP contribution in [0.2, 0.25) is 12.6 Å². The Labute approximate surface area is 230 Å². The van der Waals surface area contributed by atoms with Gasteiger partial charge in [-0.15, -0.1) is 11.1 Å². The smallest absolute Gasteiger partial charge is 0.0253 e. The van der Waals surface area contributed by atoms with Gasteiger partial charge in [0.15, 0.2) is 0 Å². The van der Waals surface area contributed by atoms with Crippen LogP contribution in [0.5, 0.6) is 0 Å². The summed E-state index contributed by atoms with van der Waals surface area (Å²) in [4.78, 5) is 0. The van der Waals surface area contributed by atoms with E-state index in [0.717, 1.165) is 22.4 Å². The van der Waals surface area contributed by atoms with Crippen LogP contribution in [0.15, 0.2) is 84.9 Å². The minimum Gasteiger partial charge on any atom is -0.179 e. The van der Waals surface area contributed by atoms with Crippen molar-refractivity contribution in [1.29, 1.82) is 0 Å². The zero-order chi connectivity index (χ0) is 24.9. The molecule has 4 aromatic rings. The summed E-state index contributed by atoms with van der Waals surface area (Å²) in [7, 11) is 10.6. The summed E-state index contributed by atoms with van der Waals surface area (Å²) in [6.45, 7) is 4.56. The second-order valence-corrected chi connectivity index (χ2v) is 12.4. The molecule has 0 unspecified atom stereocenters. The van der Waals surface area contributed by atoms with Gasteiger partial charge in [0.25, 0.3) is 0 Å². The number of hydrogen-bond donors (Lipinski definition) is 0. The molecule has 0 spiro atoms. The third kappa shape index (κ3) is 7.94. The van der Waals surface area contributed by atoms with Crippen molar-refractivity contribution in [2.24, 2.45) is 0 Å². The maximum absolute atomic E-state index is 4.89. The Bertz CT molecular complexity index is 1010. The number of unbranched alkanes of at least 4 members (excludes halogenated alkanes) is 1. The van der Waals surface area contributed by atoms with E-state index in [9.17, 15) is 0 Å². The van der Waals surface area contributed by atoms with Crippen molar-refractivity contribution >= 4 is 28.1 Å². The van der Waals surface area contributed by atoms with Crippen molar-refractivity contribution in [3.8, 4) is 22.3 Å². The molecule has 35 heavy (non-hydrogen) atoms. The molecule has 1 radical (unpaired) electrons. The summed E-state index contributed by atoms with van der Waals surface area (Å²) in [5, 5.41) is 0. The first kappa shape index (κ1) is 28.0. The van der Waals surface area contributed by atoms with E-state index in [1.165, 1.54) is 63.4 Å². The third-order valence-electron chi connectivity index (χ3n) is 6.08. The van der Waals surface area contributed by atoms with Crippen molar-refractivity contribution in [2.75, 3.05) is 0 Å². The first-order chi connectivity index (χ1) is 17.2. The van der Waals surface area contributed by atoms with E-state index in [1.807, 2.05) is 12.1 Å². The van der Waals surface area contributed by atoms with Gasteiger partial charge < -0.3 is 0 Å². The van der Waals surface area contributed by atoms with E-state index in [4.69, 9.17) is 18.6 Å². The summed E-state index contributed by atoms with van der Waals surface area (Å²) in [6.07, 6.45) is 4.92. The largest absolute Gasteiger partial charge is 0.179 e. The number of halogens is 2. The molecule has 0 saturated carbocycles. The average molecular weight is 550 g/mol. The predicted octanol–water partition coefficient (Wildman–Crippen LogP) is 9.18. The molecular weight excluding hydrogens is 519 g/mol. The van der Waals surface area contributed by atoms with Crippen molar-refractivity contribution in [3.05, 3.63) is 119 Å². The van der Waals surface area contributed by atoms with Gasteiger partial charge in [0.2, 0.25) is 0 Å². The monoisotopic (exact) mass is 549 g/mol. The maximum Gasteiger partial charge on any atom is -0.0253 e. The Hall–Kier alpha value is -1.61. The van der Waals surface area contributed by atoms with E-state index in [2.05, 4.69) is 98.4 Å². The average Bonchev–Trinajstić information content (AvgIpc) is 3.47. The molecule has 2 aliphatic rings. The van der Waals surface area contributed by atoms with E-state index in [-0.39, 0.29) is 0 Å². The SMILES string of the molecule is CCCC[SiH]C.[Cl][Ti][Cl].[c-]1cccc2c1Cc1ccccc1-2.[c-]1cccc2c1Cc1ccccc1-2. The van der Waals surface area contributed by atoms with Gasteiger partial charge in [-0.05, 0) is 12.8 Å². The standard InChI is InChI=1S/2C13H9.C5H13Si.2ClH.Ti/c2*1-3-7-12-10(5-1)9-11-6-2-4-8-13(11)12;1-3-4-5-6-2;;;/h2*1-5,7-8H,9H2;6H,3-5H2,1-2H3;2*1H;/q2*-1;;;;+2/p-2. The summed E-state index contributed by atoms with van der Waals surface area (Å²) in [5.74, 6) is 0. The molecular formula is C31H31Cl2SiTi-2. The van der Waals surface area contributed by atoms with Gasteiger partial charge in [-0.3, -0.25) is 0 Å². The summed E-state index contributed by atoms with van der Waals surface area (Å²) < 4.78 is 0. The predicted molar refractivity (Wildman–Crippen MR) is 151 cm³/mol. The number of rotatable bonds is 3. The van der Waals surface area contributed by atoms with E-state index < -0.39 is 17.0 Å². The zero-order valence-electron chi connectivity index (χ0n) is 20.5. The minimum atomic E-state index is -0.556. The normalized spacial score (nSPS) is 11.1. The quantitative estimate of drug-likeness (QED) is 0.117. The van der Waals surface area contributed by atoms with E-state index in [0.29, 0.717) is 0 Å². The number of benzene rings is 4. The second kappa shape index (κ2) is 15.5. The first-order valence-corrected chi connectivity index (χ1v) is 18.4. The topological polar surface area (TPSA) is 0 Å². The Kier molecular flexibility index (Phi) is 12.4. The second-order valence-electron chi connectivity index (χ2n) is 8.41. The molecule has 0 N–H and O–H groups in total. The molecule has 0 fully saturated rings. The van der Waals surface area contributed by atoms with Crippen molar-refractivity contribution in [3.63, 3.8) is 0 Å². The summed E-state index contributed by atoms with van der Waals surface area (Å²) in [6, 6.07) is 37.7. The van der Waals surface area contributed by atoms with Crippen LogP contribution >= 0.6 is 18.6 Å². The van der Waals surface area contributed by atoms with Gasteiger partial charge in [0, 0.05) is 9.52 Å². The van der Waals surface area contributed by atoms with Gasteiger partial charge >= 0.3 is 35.6 Å². The minimum absolute atomic E-state index is 0.556. The van der Waals surface area contributed by atoms with Crippen LogP contribution in [0, 0.1) is 12.1 Å². The zero-order valence-corrected chi connectivity index (χ0v) is 24.7. The fourth-order valence-corrected chi connectivity index (χ4v) is 5.22. The molecule has 4 heteroatoms. The molecule has 0 atom stereocenters. The first-order valence-electron chi connectivity index (χ1n) is 12.1. The molecule has 0 bridgehead atoms. The molecule has 6 rings (SSSR count). The van der Waals surface area contributed by atoms with Crippen LogP contribution in [-0.2, 0) is 29.9 Å². The fraction of sp³-hybridized carbons (Fsp3) is 0.226. The van der Waals surface area contributed by atoms with Crippen LogP contribution in [0.25, 0.3) is 22.3 Å². The fourth-order valence-electron chi connectivity index (χ4n) is 4.40. The van der Waals surface area contributed by atoms with Crippen LogP contribution < -0.4 is 0 Å². The van der Waals surface area contributed by atoms with Crippen LogP contribution in [0.4, 0.5) is 0 Å². The molecule has 4 aromatic carbocycles. The molecule has 0 nitrogen and oxygen atoms in total. The van der Waals surface area contributed by atoms with Crippen LogP contribution in [-0.4, -0.2) is 9.52 Å². The van der Waals surface area contributed by atoms with E-state index >= 15 is 0 Å². The third-order valence-corrected chi connectivity index (χ3v) is 7.07. The Morgan fingerprint density at radius 3 is 1.54 bits per heavy atom.